The highest BCUT2D eigenvalue weighted by Crippen LogP contribution is 2.48. The van der Waals surface area contributed by atoms with Gasteiger partial charge < -0.3 is 9.84 Å². The standard InChI is InChI=1S/C13H23NO3/c1-2-17-9-11-7-14(8-12(15)16)10-13(11)5-3-4-6-13/h11H,2-10H2,1H3,(H,15,16)/t11-/m0/s1. The van der Waals surface area contributed by atoms with Gasteiger partial charge in [-0.25, -0.2) is 0 Å². The summed E-state index contributed by atoms with van der Waals surface area (Å²) in [6, 6.07) is 0. The van der Waals surface area contributed by atoms with Gasteiger partial charge in [0.1, 0.15) is 0 Å². The van der Waals surface area contributed by atoms with Gasteiger partial charge in [-0.2, -0.15) is 0 Å². The highest BCUT2D eigenvalue weighted by molar-refractivity contribution is 5.69. The predicted molar refractivity (Wildman–Crippen MR) is 65.0 cm³/mol. The smallest absolute Gasteiger partial charge is 0.317 e. The van der Waals surface area contributed by atoms with Gasteiger partial charge in [-0.1, -0.05) is 12.8 Å². The Kier molecular flexibility index (Phi) is 4.05. The highest BCUT2D eigenvalue weighted by Gasteiger charge is 2.47. The molecule has 4 heteroatoms. The summed E-state index contributed by atoms with van der Waals surface area (Å²) in [6.45, 7) is 5.61. The zero-order valence-electron chi connectivity index (χ0n) is 10.7. The van der Waals surface area contributed by atoms with E-state index in [1.807, 2.05) is 6.92 Å². The van der Waals surface area contributed by atoms with E-state index in [1.54, 1.807) is 0 Å². The highest BCUT2D eigenvalue weighted by atomic mass is 16.5. The third-order valence-electron chi connectivity index (χ3n) is 4.36. The molecule has 1 N–H and O–H groups in total. The minimum absolute atomic E-state index is 0.185. The van der Waals surface area contributed by atoms with Crippen molar-refractivity contribution in [2.75, 3.05) is 32.8 Å². The van der Waals surface area contributed by atoms with Gasteiger partial charge in [-0.05, 0) is 25.2 Å². The molecule has 1 heterocycles. The molecule has 1 saturated heterocycles. The first-order valence-electron chi connectivity index (χ1n) is 6.68. The molecule has 0 radical (unpaired) electrons. The zero-order chi connectivity index (χ0) is 12.3. The number of hydrogen-bond donors (Lipinski definition) is 1. The largest absolute Gasteiger partial charge is 0.480 e. The Bertz CT molecular complexity index is 274. The van der Waals surface area contributed by atoms with Crippen LogP contribution in [0.3, 0.4) is 0 Å². The van der Waals surface area contributed by atoms with Gasteiger partial charge in [-0.3, -0.25) is 9.69 Å². The Morgan fingerprint density at radius 3 is 2.76 bits per heavy atom. The summed E-state index contributed by atoms with van der Waals surface area (Å²) in [5.74, 6) is -0.181. The maximum atomic E-state index is 10.8. The van der Waals surface area contributed by atoms with E-state index in [0.717, 1.165) is 26.3 Å². The summed E-state index contributed by atoms with van der Waals surface area (Å²) in [5.41, 5.74) is 0.352. The van der Waals surface area contributed by atoms with Crippen LogP contribution in [-0.4, -0.2) is 48.8 Å². The van der Waals surface area contributed by atoms with Gasteiger partial charge in [0.2, 0.25) is 0 Å². The maximum Gasteiger partial charge on any atom is 0.317 e. The van der Waals surface area contributed by atoms with Crippen LogP contribution in [-0.2, 0) is 9.53 Å². The van der Waals surface area contributed by atoms with Crippen molar-refractivity contribution in [3.05, 3.63) is 0 Å². The number of carboxylic acids is 1. The second kappa shape index (κ2) is 5.36. The van der Waals surface area contributed by atoms with E-state index in [0.29, 0.717) is 11.3 Å². The summed E-state index contributed by atoms with van der Waals surface area (Å²) < 4.78 is 5.58. The Morgan fingerprint density at radius 1 is 1.47 bits per heavy atom. The molecule has 1 atom stereocenters. The van der Waals surface area contributed by atoms with Gasteiger partial charge in [0.15, 0.2) is 0 Å². The molecule has 4 nitrogen and oxygen atoms in total. The van der Waals surface area contributed by atoms with Gasteiger partial charge in [0, 0.05) is 25.6 Å². The van der Waals surface area contributed by atoms with Crippen molar-refractivity contribution in [3.8, 4) is 0 Å². The molecule has 0 aromatic rings. The van der Waals surface area contributed by atoms with Crippen molar-refractivity contribution >= 4 is 5.97 Å². The van der Waals surface area contributed by atoms with Crippen molar-refractivity contribution < 1.29 is 14.6 Å². The van der Waals surface area contributed by atoms with Crippen LogP contribution in [0.1, 0.15) is 32.6 Å². The molecule has 0 aromatic carbocycles. The summed E-state index contributed by atoms with van der Waals surface area (Å²) in [4.78, 5) is 12.9. The molecule has 0 bridgehead atoms. The van der Waals surface area contributed by atoms with E-state index in [1.165, 1.54) is 25.7 Å². The van der Waals surface area contributed by atoms with Gasteiger partial charge >= 0.3 is 5.97 Å². The second-order valence-corrected chi connectivity index (χ2v) is 5.49. The first-order valence-corrected chi connectivity index (χ1v) is 6.68. The topological polar surface area (TPSA) is 49.8 Å². The predicted octanol–water partition coefficient (Wildman–Crippen LogP) is 1.60. The SMILES string of the molecule is CCOC[C@@H]1CN(CC(=O)O)CC12CCCC2. The van der Waals surface area contributed by atoms with Crippen LogP contribution >= 0.6 is 0 Å². The molecule has 1 spiro atoms. The lowest BCUT2D eigenvalue weighted by atomic mass is 9.77. The van der Waals surface area contributed by atoms with E-state index >= 15 is 0 Å². The monoisotopic (exact) mass is 241 g/mol. The number of carboxylic acid groups (broad SMARTS) is 1. The maximum absolute atomic E-state index is 10.8. The van der Waals surface area contributed by atoms with Crippen LogP contribution in [0.5, 0.6) is 0 Å². The third-order valence-corrected chi connectivity index (χ3v) is 4.36. The summed E-state index contributed by atoms with van der Waals surface area (Å²) in [6.07, 6.45) is 5.09. The number of hydrogen-bond acceptors (Lipinski definition) is 3. The molecular weight excluding hydrogens is 218 g/mol. The Labute approximate surface area is 103 Å². The quantitative estimate of drug-likeness (QED) is 0.794. The molecule has 0 aromatic heterocycles. The van der Waals surface area contributed by atoms with E-state index in [2.05, 4.69) is 4.90 Å². The molecule has 17 heavy (non-hydrogen) atoms. The number of aliphatic carboxylic acids is 1. The van der Waals surface area contributed by atoms with E-state index in [9.17, 15) is 4.79 Å². The van der Waals surface area contributed by atoms with Gasteiger partial charge in [0.25, 0.3) is 0 Å². The summed E-state index contributed by atoms with van der Waals surface area (Å²) >= 11 is 0. The minimum atomic E-state index is -0.713. The van der Waals surface area contributed by atoms with Crippen LogP contribution in [0.15, 0.2) is 0 Å². The molecule has 2 fully saturated rings. The number of carbonyl (C=O) groups is 1. The van der Waals surface area contributed by atoms with Gasteiger partial charge in [0.05, 0.1) is 13.2 Å². The van der Waals surface area contributed by atoms with Crippen molar-refractivity contribution in [1.82, 2.24) is 4.90 Å². The van der Waals surface area contributed by atoms with Crippen LogP contribution in [0, 0.1) is 11.3 Å². The number of likely N-dealkylation sites (tertiary alicyclic amines) is 1. The van der Waals surface area contributed by atoms with Crippen LogP contribution < -0.4 is 0 Å². The Morgan fingerprint density at radius 2 is 2.18 bits per heavy atom. The average Bonchev–Trinajstić information content (AvgIpc) is 2.84. The molecule has 2 rings (SSSR count). The van der Waals surface area contributed by atoms with E-state index in [4.69, 9.17) is 9.84 Å². The van der Waals surface area contributed by atoms with E-state index < -0.39 is 5.97 Å². The number of nitrogens with zero attached hydrogens (tertiary/aromatic N) is 1. The molecule has 0 amide bonds. The van der Waals surface area contributed by atoms with Crippen LogP contribution in [0.2, 0.25) is 0 Å². The zero-order valence-corrected chi connectivity index (χ0v) is 10.7. The van der Waals surface area contributed by atoms with Crippen molar-refractivity contribution in [3.63, 3.8) is 0 Å². The lowest BCUT2D eigenvalue weighted by Crippen LogP contribution is -2.31. The number of rotatable bonds is 5. The second-order valence-electron chi connectivity index (χ2n) is 5.49. The lowest BCUT2D eigenvalue weighted by Gasteiger charge is -2.29. The van der Waals surface area contributed by atoms with E-state index in [-0.39, 0.29) is 6.54 Å². The number of ether oxygens (including phenoxy) is 1. The molecule has 0 unspecified atom stereocenters. The lowest BCUT2D eigenvalue weighted by molar-refractivity contribution is -0.138. The molecule has 1 aliphatic heterocycles. The fourth-order valence-corrected chi connectivity index (χ4v) is 3.59. The first kappa shape index (κ1) is 12.8. The van der Waals surface area contributed by atoms with Gasteiger partial charge in [-0.15, -0.1) is 0 Å². The summed E-state index contributed by atoms with van der Waals surface area (Å²) in [5, 5.41) is 8.89. The van der Waals surface area contributed by atoms with Crippen LogP contribution in [0.4, 0.5) is 0 Å². The third kappa shape index (κ3) is 2.80. The first-order chi connectivity index (χ1) is 8.16. The Balaban J connectivity index is 1.99. The fourth-order valence-electron chi connectivity index (χ4n) is 3.59. The molecule has 98 valence electrons. The van der Waals surface area contributed by atoms with Crippen molar-refractivity contribution in [2.24, 2.45) is 11.3 Å². The fraction of sp³-hybridized carbons (Fsp3) is 0.923. The average molecular weight is 241 g/mol. The molecule has 2 aliphatic rings. The molecular formula is C13H23NO3. The Hall–Kier alpha value is -0.610. The van der Waals surface area contributed by atoms with Crippen molar-refractivity contribution in [1.29, 1.82) is 0 Å². The molecule has 1 saturated carbocycles. The van der Waals surface area contributed by atoms with Crippen molar-refractivity contribution in [2.45, 2.75) is 32.6 Å². The molecule has 1 aliphatic carbocycles. The normalized spacial score (nSPS) is 27.9. The minimum Gasteiger partial charge on any atom is -0.480 e. The van der Waals surface area contributed by atoms with Crippen LogP contribution in [0.25, 0.3) is 0 Å². The summed E-state index contributed by atoms with van der Waals surface area (Å²) in [7, 11) is 0.